The summed E-state index contributed by atoms with van der Waals surface area (Å²) in [4.78, 5) is 10.2. The highest BCUT2D eigenvalue weighted by atomic mass is 35.5. The monoisotopic (exact) mass is 401 g/mol. The molecule has 3 N–H and O–H groups in total. The third-order valence-corrected chi connectivity index (χ3v) is 4.39. The molecule has 0 saturated heterocycles. The van der Waals surface area contributed by atoms with Gasteiger partial charge in [-0.1, -0.05) is 47.5 Å². The molecule has 2 unspecified atom stereocenters. The van der Waals surface area contributed by atoms with Crippen LogP contribution in [0.25, 0.3) is 0 Å². The quantitative estimate of drug-likeness (QED) is 0.378. The molecule has 1 amide bonds. The number of rotatable bonds is 7. The molecule has 8 heteroatoms. The Bertz CT molecular complexity index is 757. The Morgan fingerprint density at radius 2 is 1.81 bits per heavy atom. The number of benzene rings is 1. The van der Waals surface area contributed by atoms with Crippen LogP contribution >= 0.6 is 23.2 Å². The van der Waals surface area contributed by atoms with Gasteiger partial charge in [-0.3, -0.25) is 10.0 Å². The third-order valence-electron chi connectivity index (χ3n) is 3.99. The summed E-state index contributed by atoms with van der Waals surface area (Å²) >= 11 is 10.9. The number of alkyl halides is 3. The van der Waals surface area contributed by atoms with Gasteiger partial charge in [0.15, 0.2) is 4.84 Å². The summed E-state index contributed by atoms with van der Waals surface area (Å²) in [6.45, 7) is 0.825. The molecule has 26 heavy (non-hydrogen) atoms. The van der Waals surface area contributed by atoms with Gasteiger partial charge in [-0.25, -0.2) is 4.39 Å². The molecule has 1 heterocycles. The molecule has 0 radical (unpaired) electrons. The molecule has 0 bridgehead atoms. The largest absolute Gasteiger partial charge is 0.386 e. The van der Waals surface area contributed by atoms with Crippen molar-refractivity contribution in [2.24, 2.45) is 0 Å². The Balaban J connectivity index is 2.07. The molecule has 0 saturated carbocycles. The minimum absolute atomic E-state index is 0.457. The zero-order valence-corrected chi connectivity index (χ0v) is 15.6. The first kappa shape index (κ1) is 20.4. The molecular formula is C18H20Cl2FN2O3+. The Morgan fingerprint density at radius 3 is 2.35 bits per heavy atom. The Morgan fingerprint density at radius 1 is 1.19 bits per heavy atom. The van der Waals surface area contributed by atoms with Crippen LogP contribution in [0.15, 0.2) is 42.6 Å². The Hall–Kier alpha value is -1.89. The van der Waals surface area contributed by atoms with Crippen LogP contribution < -0.4 is 10.0 Å². The van der Waals surface area contributed by atoms with E-state index in [0.717, 1.165) is 21.6 Å². The van der Waals surface area contributed by atoms with Gasteiger partial charge >= 0.3 is 0 Å². The SMILES string of the molecule is Cc1ccc(Cc2ccc(C(O)C(CF)NC(=O)C(Cl)Cl)cc2)c[n+]1O. The van der Waals surface area contributed by atoms with Gasteiger partial charge in [0.25, 0.3) is 5.91 Å². The van der Waals surface area contributed by atoms with Crippen molar-refractivity contribution < 1.29 is 24.2 Å². The summed E-state index contributed by atoms with van der Waals surface area (Å²) in [5.74, 6) is -0.761. The maximum atomic E-state index is 13.2. The van der Waals surface area contributed by atoms with Crippen LogP contribution in [-0.2, 0) is 11.2 Å². The van der Waals surface area contributed by atoms with Crippen molar-refractivity contribution in [2.75, 3.05) is 6.67 Å². The van der Waals surface area contributed by atoms with E-state index < -0.39 is 29.6 Å². The second kappa shape index (κ2) is 9.16. The van der Waals surface area contributed by atoms with Crippen molar-refractivity contribution in [3.05, 3.63) is 65.0 Å². The highest BCUT2D eigenvalue weighted by Gasteiger charge is 2.25. The maximum Gasteiger partial charge on any atom is 0.253 e. The first-order chi connectivity index (χ1) is 12.3. The van der Waals surface area contributed by atoms with Crippen molar-refractivity contribution in [3.8, 4) is 0 Å². The van der Waals surface area contributed by atoms with Crippen LogP contribution in [0.4, 0.5) is 4.39 Å². The van der Waals surface area contributed by atoms with Crippen molar-refractivity contribution >= 4 is 29.1 Å². The van der Waals surface area contributed by atoms with E-state index >= 15 is 0 Å². The van der Waals surface area contributed by atoms with Gasteiger partial charge in [-0.15, -0.1) is 0 Å². The number of aryl methyl sites for hydroxylation is 1. The van der Waals surface area contributed by atoms with E-state index in [0.29, 0.717) is 12.0 Å². The van der Waals surface area contributed by atoms with Crippen LogP contribution in [-0.4, -0.2) is 33.8 Å². The zero-order valence-electron chi connectivity index (χ0n) is 14.1. The Kier molecular flexibility index (Phi) is 7.20. The number of amides is 1. The van der Waals surface area contributed by atoms with Crippen molar-refractivity contribution in [3.63, 3.8) is 0 Å². The lowest BCUT2D eigenvalue weighted by Crippen LogP contribution is -2.43. The van der Waals surface area contributed by atoms with Crippen molar-refractivity contribution in [2.45, 2.75) is 30.3 Å². The average Bonchev–Trinajstić information content (AvgIpc) is 2.62. The van der Waals surface area contributed by atoms with Gasteiger partial charge in [0.1, 0.15) is 12.8 Å². The molecule has 1 aromatic heterocycles. The maximum absolute atomic E-state index is 13.2. The van der Waals surface area contributed by atoms with E-state index in [9.17, 15) is 19.5 Å². The number of nitrogens with zero attached hydrogens (tertiary/aromatic N) is 1. The molecule has 5 nitrogen and oxygen atoms in total. The van der Waals surface area contributed by atoms with Crippen molar-refractivity contribution in [1.29, 1.82) is 0 Å². The van der Waals surface area contributed by atoms with E-state index in [1.165, 1.54) is 0 Å². The number of hydrogen-bond donors (Lipinski definition) is 3. The van der Waals surface area contributed by atoms with Gasteiger partial charge in [-0.05, 0) is 17.2 Å². The van der Waals surface area contributed by atoms with Gasteiger partial charge in [0.05, 0.1) is 6.04 Å². The number of pyridine rings is 1. The fraction of sp³-hybridized carbons (Fsp3) is 0.333. The van der Waals surface area contributed by atoms with Gasteiger partial charge in [0, 0.05) is 29.7 Å². The van der Waals surface area contributed by atoms with Crippen LogP contribution in [0.3, 0.4) is 0 Å². The minimum atomic E-state index is -1.33. The smallest absolute Gasteiger partial charge is 0.253 e. The molecule has 0 fully saturated rings. The van der Waals surface area contributed by atoms with Gasteiger partial charge < -0.3 is 10.4 Å². The lowest BCUT2D eigenvalue weighted by atomic mass is 9.99. The van der Waals surface area contributed by atoms with E-state index in [4.69, 9.17) is 23.2 Å². The summed E-state index contributed by atoms with van der Waals surface area (Å²) < 4.78 is 14.2. The number of carbonyl (C=O) groups is 1. The summed E-state index contributed by atoms with van der Waals surface area (Å²) in [5, 5.41) is 22.2. The molecule has 2 atom stereocenters. The van der Waals surface area contributed by atoms with E-state index in [1.54, 1.807) is 37.4 Å². The highest BCUT2D eigenvalue weighted by molar-refractivity contribution is 6.53. The second-order valence-electron chi connectivity index (χ2n) is 5.96. The topological polar surface area (TPSA) is 73.4 Å². The lowest BCUT2D eigenvalue weighted by molar-refractivity contribution is -0.909. The fourth-order valence-corrected chi connectivity index (χ4v) is 2.58. The average molecular weight is 402 g/mol. The zero-order chi connectivity index (χ0) is 19.3. The molecule has 2 rings (SSSR count). The number of halogens is 3. The predicted octanol–water partition coefficient (Wildman–Crippen LogP) is 2.40. The number of aliphatic hydroxyl groups is 1. The van der Waals surface area contributed by atoms with Crippen LogP contribution in [0.2, 0.25) is 0 Å². The van der Waals surface area contributed by atoms with Crippen LogP contribution in [0.5, 0.6) is 0 Å². The lowest BCUT2D eigenvalue weighted by Gasteiger charge is -2.22. The van der Waals surface area contributed by atoms with Crippen LogP contribution in [0, 0.1) is 6.92 Å². The molecule has 2 aromatic rings. The normalized spacial score (nSPS) is 13.5. The summed E-state index contributed by atoms with van der Waals surface area (Å²) in [7, 11) is 0. The van der Waals surface area contributed by atoms with E-state index in [-0.39, 0.29) is 0 Å². The summed E-state index contributed by atoms with van der Waals surface area (Å²) in [6.07, 6.45) is 0.978. The number of hydrogen-bond acceptors (Lipinski definition) is 3. The molecule has 0 aliphatic rings. The highest BCUT2D eigenvalue weighted by Crippen LogP contribution is 2.20. The molecule has 0 spiro atoms. The van der Waals surface area contributed by atoms with Gasteiger partial charge in [-0.2, -0.15) is 0 Å². The van der Waals surface area contributed by atoms with Crippen LogP contribution in [0.1, 0.15) is 28.5 Å². The Labute approximate surface area is 160 Å². The minimum Gasteiger partial charge on any atom is -0.386 e. The summed E-state index contributed by atoms with van der Waals surface area (Å²) in [6, 6.07) is 9.49. The number of aromatic nitrogens is 1. The number of carbonyl (C=O) groups excluding carboxylic acids is 1. The second-order valence-corrected chi connectivity index (χ2v) is 7.05. The number of aliphatic hydroxyl groups excluding tert-OH is 1. The molecule has 0 aliphatic heterocycles. The predicted molar refractivity (Wildman–Crippen MR) is 96.2 cm³/mol. The standard InChI is InChI=1S/C18H19Cl2FN2O3/c1-11-2-3-13(10-23(11)26)8-12-4-6-14(7-5-12)16(24)15(9-21)22-18(25)17(19)20/h2-7,10,15-17,24H,8-9H2,1H3,(H-,22,25,26)/p+1. The van der Waals surface area contributed by atoms with E-state index in [2.05, 4.69) is 5.32 Å². The van der Waals surface area contributed by atoms with Crippen molar-refractivity contribution in [1.82, 2.24) is 5.32 Å². The molecular weight excluding hydrogens is 382 g/mol. The summed E-state index contributed by atoms with van der Waals surface area (Å²) in [5.41, 5.74) is 3.05. The van der Waals surface area contributed by atoms with E-state index in [1.807, 2.05) is 12.1 Å². The molecule has 0 aliphatic carbocycles. The molecule has 140 valence electrons. The first-order valence-corrected chi connectivity index (χ1v) is 8.81. The number of nitrogens with one attached hydrogen (secondary N) is 1. The first-order valence-electron chi connectivity index (χ1n) is 7.93. The third kappa shape index (κ3) is 5.30. The molecule has 1 aromatic carbocycles. The van der Waals surface area contributed by atoms with Gasteiger partial charge in [0.2, 0.25) is 11.9 Å². The fourth-order valence-electron chi connectivity index (χ4n) is 2.46.